The topological polar surface area (TPSA) is 91.3 Å². The molecule has 1 heterocycles. The van der Waals surface area contributed by atoms with E-state index in [1.165, 1.54) is 0 Å². The number of aromatic nitrogens is 1. The Morgan fingerprint density at radius 3 is 2.48 bits per heavy atom. The van der Waals surface area contributed by atoms with Gasteiger partial charge in [0.25, 0.3) is 0 Å². The number of nitrogens with one attached hydrogen (secondary N) is 2. The van der Waals surface area contributed by atoms with Gasteiger partial charge < -0.3 is 15.7 Å². The van der Waals surface area contributed by atoms with E-state index in [9.17, 15) is 14.7 Å². The van der Waals surface area contributed by atoms with E-state index in [1.54, 1.807) is 12.4 Å². The second-order valence-electron chi connectivity index (χ2n) is 5.13. The molecule has 1 aromatic rings. The zero-order chi connectivity index (χ0) is 15.9. The molecule has 0 fully saturated rings. The number of aryl methyl sites for hydroxylation is 1. The Kier molecular flexibility index (Phi) is 6.14. The van der Waals surface area contributed by atoms with E-state index in [-0.39, 0.29) is 12.6 Å². The van der Waals surface area contributed by atoms with Crippen molar-refractivity contribution < 1.29 is 14.7 Å². The minimum absolute atomic E-state index is 0.122. The van der Waals surface area contributed by atoms with E-state index in [4.69, 9.17) is 0 Å². The molecule has 0 aromatic carbocycles. The van der Waals surface area contributed by atoms with Crippen LogP contribution in [-0.4, -0.2) is 28.6 Å². The molecule has 2 amide bonds. The molecule has 0 bridgehead atoms. The third-order valence-electron chi connectivity index (χ3n) is 3.97. The Balaban J connectivity index is 2.51. The average molecular weight is 293 g/mol. The van der Waals surface area contributed by atoms with Gasteiger partial charge in [0.15, 0.2) is 0 Å². The van der Waals surface area contributed by atoms with Gasteiger partial charge in [-0.1, -0.05) is 13.8 Å². The second kappa shape index (κ2) is 7.61. The van der Waals surface area contributed by atoms with Crippen LogP contribution < -0.4 is 10.6 Å². The van der Waals surface area contributed by atoms with Crippen molar-refractivity contribution in [2.75, 3.05) is 6.54 Å². The maximum atomic E-state index is 11.8. The van der Waals surface area contributed by atoms with Gasteiger partial charge in [-0.2, -0.15) is 0 Å². The van der Waals surface area contributed by atoms with Gasteiger partial charge in [-0.25, -0.2) is 4.79 Å². The van der Waals surface area contributed by atoms with Crippen LogP contribution in [0.4, 0.5) is 4.79 Å². The fourth-order valence-corrected chi connectivity index (χ4v) is 2.07. The Hall–Kier alpha value is -2.11. The lowest BCUT2D eigenvalue weighted by molar-refractivity contribution is -0.149. The van der Waals surface area contributed by atoms with E-state index >= 15 is 0 Å². The number of amides is 2. The molecule has 6 heteroatoms. The van der Waals surface area contributed by atoms with Crippen LogP contribution in [0.1, 0.15) is 37.8 Å². The summed E-state index contributed by atoms with van der Waals surface area (Å²) >= 11 is 0. The molecule has 21 heavy (non-hydrogen) atoms. The molecule has 0 unspecified atom stereocenters. The molecule has 0 aliphatic heterocycles. The minimum Gasteiger partial charge on any atom is -0.481 e. The first-order valence-corrected chi connectivity index (χ1v) is 7.09. The summed E-state index contributed by atoms with van der Waals surface area (Å²) in [5.74, 6) is -0.877. The van der Waals surface area contributed by atoms with Gasteiger partial charge in [0.1, 0.15) is 0 Å². The number of carbonyl (C=O) groups excluding carboxylic acids is 1. The third kappa shape index (κ3) is 4.44. The highest BCUT2D eigenvalue weighted by Gasteiger charge is 2.35. The number of carboxylic acid groups (broad SMARTS) is 1. The molecule has 0 aliphatic carbocycles. The van der Waals surface area contributed by atoms with Crippen molar-refractivity contribution in [2.24, 2.45) is 5.41 Å². The number of rotatable bonds is 7. The predicted octanol–water partition coefficient (Wildman–Crippen LogP) is 2.08. The van der Waals surface area contributed by atoms with E-state index in [2.05, 4.69) is 15.6 Å². The SMILES string of the molecule is CCC(CC)(CNC(=O)NCc1ccncc1C)C(=O)O. The Labute approximate surface area is 125 Å². The lowest BCUT2D eigenvalue weighted by Crippen LogP contribution is -2.45. The number of urea groups is 1. The third-order valence-corrected chi connectivity index (χ3v) is 3.97. The van der Waals surface area contributed by atoms with Gasteiger partial charge in [0.2, 0.25) is 0 Å². The Morgan fingerprint density at radius 1 is 1.29 bits per heavy atom. The standard InChI is InChI=1S/C15H23N3O3/c1-4-15(5-2,13(19)20)10-18-14(21)17-9-12-6-7-16-8-11(12)3/h6-8H,4-5,9-10H2,1-3H3,(H,19,20)(H2,17,18,21). The zero-order valence-corrected chi connectivity index (χ0v) is 12.8. The molecule has 1 rings (SSSR count). The minimum atomic E-state index is -0.899. The van der Waals surface area contributed by atoms with Gasteiger partial charge >= 0.3 is 12.0 Å². The van der Waals surface area contributed by atoms with E-state index < -0.39 is 11.4 Å². The highest BCUT2D eigenvalue weighted by molar-refractivity contribution is 5.78. The van der Waals surface area contributed by atoms with Crippen molar-refractivity contribution in [1.29, 1.82) is 0 Å². The lowest BCUT2D eigenvalue weighted by atomic mass is 9.82. The van der Waals surface area contributed by atoms with E-state index in [0.717, 1.165) is 11.1 Å². The zero-order valence-electron chi connectivity index (χ0n) is 12.8. The summed E-state index contributed by atoms with van der Waals surface area (Å²) in [6, 6.07) is 1.48. The number of carboxylic acids is 1. The molecule has 116 valence electrons. The number of hydrogen-bond donors (Lipinski definition) is 3. The van der Waals surface area contributed by atoms with Gasteiger partial charge in [-0.3, -0.25) is 9.78 Å². The highest BCUT2D eigenvalue weighted by Crippen LogP contribution is 2.25. The molecular formula is C15H23N3O3. The first-order chi connectivity index (χ1) is 9.95. The second-order valence-corrected chi connectivity index (χ2v) is 5.13. The number of hydrogen-bond acceptors (Lipinski definition) is 3. The Bertz CT molecular complexity index is 499. The molecule has 0 radical (unpaired) electrons. The molecule has 0 atom stereocenters. The number of carbonyl (C=O) groups is 2. The monoisotopic (exact) mass is 293 g/mol. The predicted molar refractivity (Wildman–Crippen MR) is 79.9 cm³/mol. The van der Waals surface area contributed by atoms with Gasteiger partial charge in [0, 0.05) is 25.5 Å². The fourth-order valence-electron chi connectivity index (χ4n) is 2.07. The molecule has 3 N–H and O–H groups in total. The molecule has 0 spiro atoms. The summed E-state index contributed by atoms with van der Waals surface area (Å²) in [5.41, 5.74) is 1.08. The van der Waals surface area contributed by atoms with Gasteiger partial charge in [-0.05, 0) is 37.0 Å². The van der Waals surface area contributed by atoms with E-state index in [1.807, 2.05) is 26.8 Å². The Morgan fingerprint density at radius 2 is 1.95 bits per heavy atom. The number of aliphatic carboxylic acids is 1. The number of nitrogens with zero attached hydrogens (tertiary/aromatic N) is 1. The quantitative estimate of drug-likeness (QED) is 0.717. The van der Waals surface area contributed by atoms with Gasteiger partial charge in [0.05, 0.1) is 5.41 Å². The largest absolute Gasteiger partial charge is 0.481 e. The van der Waals surface area contributed by atoms with Crippen LogP contribution in [-0.2, 0) is 11.3 Å². The van der Waals surface area contributed by atoms with Crippen molar-refractivity contribution in [3.8, 4) is 0 Å². The van der Waals surface area contributed by atoms with E-state index in [0.29, 0.717) is 19.4 Å². The molecule has 0 saturated carbocycles. The summed E-state index contributed by atoms with van der Waals surface area (Å²) < 4.78 is 0. The summed E-state index contributed by atoms with van der Waals surface area (Å²) in [7, 11) is 0. The average Bonchev–Trinajstić information content (AvgIpc) is 2.47. The first-order valence-electron chi connectivity index (χ1n) is 7.09. The summed E-state index contributed by atoms with van der Waals surface area (Å²) in [5, 5.41) is 14.7. The molecule has 0 aliphatic rings. The van der Waals surface area contributed by atoms with Crippen LogP contribution in [0.15, 0.2) is 18.5 Å². The normalized spacial score (nSPS) is 11.0. The molecule has 0 saturated heterocycles. The lowest BCUT2D eigenvalue weighted by Gasteiger charge is -2.26. The summed E-state index contributed by atoms with van der Waals surface area (Å²) in [4.78, 5) is 27.1. The first kappa shape index (κ1) is 16.9. The smallest absolute Gasteiger partial charge is 0.315 e. The maximum Gasteiger partial charge on any atom is 0.315 e. The van der Waals surface area contributed by atoms with Crippen molar-refractivity contribution in [3.05, 3.63) is 29.6 Å². The van der Waals surface area contributed by atoms with Crippen molar-refractivity contribution in [3.63, 3.8) is 0 Å². The van der Waals surface area contributed by atoms with Crippen LogP contribution in [0, 0.1) is 12.3 Å². The van der Waals surface area contributed by atoms with Crippen LogP contribution in [0.25, 0.3) is 0 Å². The van der Waals surface area contributed by atoms with Crippen molar-refractivity contribution >= 4 is 12.0 Å². The van der Waals surface area contributed by atoms with Crippen molar-refractivity contribution in [2.45, 2.75) is 40.2 Å². The van der Waals surface area contributed by atoms with Crippen LogP contribution in [0.2, 0.25) is 0 Å². The fraction of sp³-hybridized carbons (Fsp3) is 0.533. The summed E-state index contributed by atoms with van der Waals surface area (Å²) in [6.45, 7) is 6.07. The highest BCUT2D eigenvalue weighted by atomic mass is 16.4. The van der Waals surface area contributed by atoms with Crippen LogP contribution >= 0.6 is 0 Å². The molecular weight excluding hydrogens is 270 g/mol. The van der Waals surface area contributed by atoms with Crippen LogP contribution in [0.3, 0.4) is 0 Å². The van der Waals surface area contributed by atoms with Gasteiger partial charge in [-0.15, -0.1) is 0 Å². The molecule has 1 aromatic heterocycles. The van der Waals surface area contributed by atoms with Crippen LogP contribution in [0.5, 0.6) is 0 Å². The maximum absolute atomic E-state index is 11.8. The van der Waals surface area contributed by atoms with Crippen molar-refractivity contribution in [1.82, 2.24) is 15.6 Å². The summed E-state index contributed by atoms with van der Waals surface area (Å²) in [6.07, 6.45) is 4.36. The number of pyridine rings is 1. The molecule has 6 nitrogen and oxygen atoms in total.